The van der Waals surface area contributed by atoms with Crippen LogP contribution < -0.4 is 0 Å². The molecule has 5 nitrogen and oxygen atoms in total. The topological polar surface area (TPSA) is 62.4 Å². The Morgan fingerprint density at radius 2 is 1.95 bits per heavy atom. The number of aromatic nitrogens is 2. The van der Waals surface area contributed by atoms with Gasteiger partial charge >= 0.3 is 0 Å². The van der Waals surface area contributed by atoms with E-state index in [4.69, 9.17) is 4.52 Å². The van der Waals surface area contributed by atoms with E-state index in [2.05, 4.69) is 10.1 Å². The zero-order chi connectivity index (χ0) is 13.8. The van der Waals surface area contributed by atoms with Crippen molar-refractivity contribution < 1.29 is 9.63 Å². The zero-order valence-corrected chi connectivity index (χ0v) is 11.4. The van der Waals surface area contributed by atoms with E-state index >= 15 is 0 Å². The summed E-state index contributed by atoms with van der Waals surface area (Å²) in [6, 6.07) is 9.49. The van der Waals surface area contributed by atoms with Crippen molar-refractivity contribution in [2.45, 2.75) is 25.5 Å². The number of hydrogen-bond acceptors (Lipinski definition) is 5. The Balaban J connectivity index is 2.11. The maximum atomic E-state index is 10.3. The van der Waals surface area contributed by atoms with Gasteiger partial charge in [0.15, 0.2) is 5.82 Å². The van der Waals surface area contributed by atoms with Crippen molar-refractivity contribution in [2.75, 3.05) is 14.1 Å². The molecule has 1 aromatic heterocycles. The molecule has 5 heteroatoms. The number of nitrogens with zero attached hydrogens (tertiary/aromatic N) is 3. The lowest BCUT2D eigenvalue weighted by Crippen LogP contribution is -2.12. The van der Waals surface area contributed by atoms with Gasteiger partial charge in [-0.2, -0.15) is 4.98 Å². The Kier molecular flexibility index (Phi) is 4.29. The molecule has 2 rings (SSSR count). The summed E-state index contributed by atoms with van der Waals surface area (Å²) in [5.41, 5.74) is 0.849. The van der Waals surface area contributed by atoms with Crippen LogP contribution in [0.15, 0.2) is 34.9 Å². The van der Waals surface area contributed by atoms with Crippen molar-refractivity contribution >= 4 is 0 Å². The molecule has 0 amide bonds. The van der Waals surface area contributed by atoms with Crippen molar-refractivity contribution in [1.82, 2.24) is 15.0 Å². The van der Waals surface area contributed by atoms with Crippen LogP contribution in [0.4, 0.5) is 0 Å². The molecule has 0 saturated heterocycles. The molecule has 0 fully saturated rings. The van der Waals surface area contributed by atoms with Crippen LogP contribution in [0.2, 0.25) is 0 Å². The first kappa shape index (κ1) is 13.7. The van der Waals surface area contributed by atoms with E-state index in [1.165, 1.54) is 0 Å². The SMILES string of the molecule is CC(c1nc(CN(C)C)no1)C(O)c1ccccc1. The van der Waals surface area contributed by atoms with Crippen LogP contribution in [0.3, 0.4) is 0 Å². The summed E-state index contributed by atoms with van der Waals surface area (Å²) < 4.78 is 5.22. The number of aliphatic hydroxyl groups is 1. The predicted molar refractivity (Wildman–Crippen MR) is 71.5 cm³/mol. The highest BCUT2D eigenvalue weighted by atomic mass is 16.5. The molecule has 102 valence electrons. The van der Waals surface area contributed by atoms with E-state index in [0.29, 0.717) is 18.3 Å². The van der Waals surface area contributed by atoms with Gasteiger partial charge in [0.2, 0.25) is 5.89 Å². The molecule has 0 radical (unpaired) electrons. The summed E-state index contributed by atoms with van der Waals surface area (Å²) in [4.78, 5) is 6.28. The Hall–Kier alpha value is -1.72. The van der Waals surface area contributed by atoms with E-state index in [0.717, 1.165) is 5.56 Å². The second-order valence-electron chi connectivity index (χ2n) is 4.93. The molecule has 2 aromatic rings. The van der Waals surface area contributed by atoms with Crippen LogP contribution in [0.1, 0.15) is 36.2 Å². The molecule has 2 unspecified atom stereocenters. The second kappa shape index (κ2) is 5.95. The molecule has 0 aliphatic rings. The molecule has 0 aliphatic heterocycles. The minimum atomic E-state index is -0.645. The minimum absolute atomic E-state index is 0.231. The Bertz CT molecular complexity index is 510. The quantitative estimate of drug-likeness (QED) is 0.891. The third-order valence-corrected chi connectivity index (χ3v) is 2.95. The van der Waals surface area contributed by atoms with E-state index in [9.17, 15) is 5.11 Å². The lowest BCUT2D eigenvalue weighted by atomic mass is 9.97. The third-order valence-electron chi connectivity index (χ3n) is 2.95. The number of rotatable bonds is 5. The van der Waals surface area contributed by atoms with Gasteiger partial charge in [-0.25, -0.2) is 0 Å². The standard InChI is InChI=1S/C14H19N3O2/c1-10(13(18)11-7-5-4-6-8-11)14-15-12(16-19-14)9-17(2)3/h4-8,10,13,18H,9H2,1-3H3. The highest BCUT2D eigenvalue weighted by Gasteiger charge is 2.23. The summed E-state index contributed by atoms with van der Waals surface area (Å²) >= 11 is 0. The molecule has 1 heterocycles. The smallest absolute Gasteiger partial charge is 0.232 e. The Morgan fingerprint density at radius 3 is 2.58 bits per heavy atom. The summed E-state index contributed by atoms with van der Waals surface area (Å²) in [5, 5.41) is 14.2. The number of aliphatic hydroxyl groups excluding tert-OH is 1. The highest BCUT2D eigenvalue weighted by Crippen LogP contribution is 2.29. The Labute approximate surface area is 112 Å². The van der Waals surface area contributed by atoms with E-state index in [1.54, 1.807) is 0 Å². The predicted octanol–water partition coefficient (Wildman–Crippen LogP) is 1.97. The van der Waals surface area contributed by atoms with Crippen molar-refractivity contribution in [3.8, 4) is 0 Å². The average Bonchev–Trinajstić information content (AvgIpc) is 2.85. The molecule has 0 aliphatic carbocycles. The fraction of sp³-hybridized carbons (Fsp3) is 0.429. The van der Waals surface area contributed by atoms with Crippen LogP contribution >= 0.6 is 0 Å². The second-order valence-corrected chi connectivity index (χ2v) is 4.93. The molecule has 1 N–H and O–H groups in total. The monoisotopic (exact) mass is 261 g/mol. The summed E-state index contributed by atoms with van der Waals surface area (Å²) in [6.07, 6.45) is -0.645. The van der Waals surface area contributed by atoms with Gasteiger partial charge in [-0.15, -0.1) is 0 Å². The summed E-state index contributed by atoms with van der Waals surface area (Å²) in [7, 11) is 3.89. The van der Waals surface area contributed by atoms with Gasteiger partial charge in [0, 0.05) is 0 Å². The van der Waals surface area contributed by atoms with Gasteiger partial charge in [-0.3, -0.25) is 0 Å². The molecule has 2 atom stereocenters. The fourth-order valence-electron chi connectivity index (χ4n) is 1.87. The lowest BCUT2D eigenvalue weighted by Gasteiger charge is -2.15. The van der Waals surface area contributed by atoms with Gasteiger partial charge in [-0.1, -0.05) is 42.4 Å². The Morgan fingerprint density at radius 1 is 1.26 bits per heavy atom. The van der Waals surface area contributed by atoms with Gasteiger partial charge in [0.25, 0.3) is 0 Å². The first-order valence-electron chi connectivity index (χ1n) is 6.28. The van der Waals surface area contributed by atoms with Crippen molar-refractivity contribution in [3.63, 3.8) is 0 Å². The lowest BCUT2D eigenvalue weighted by molar-refractivity contribution is 0.135. The van der Waals surface area contributed by atoms with Gasteiger partial charge in [-0.05, 0) is 19.7 Å². The van der Waals surface area contributed by atoms with Gasteiger partial charge < -0.3 is 14.5 Å². The molecular weight excluding hydrogens is 242 g/mol. The van der Waals surface area contributed by atoms with Crippen LogP contribution in [-0.2, 0) is 6.54 Å². The van der Waals surface area contributed by atoms with Crippen LogP contribution in [0.25, 0.3) is 0 Å². The molecule has 1 aromatic carbocycles. The van der Waals surface area contributed by atoms with Crippen molar-refractivity contribution in [1.29, 1.82) is 0 Å². The number of benzene rings is 1. The maximum absolute atomic E-state index is 10.3. The fourth-order valence-corrected chi connectivity index (χ4v) is 1.87. The molecule has 19 heavy (non-hydrogen) atoms. The normalized spacial score (nSPS) is 14.6. The molecule has 0 saturated carbocycles. The largest absolute Gasteiger partial charge is 0.388 e. The maximum Gasteiger partial charge on any atom is 0.232 e. The van der Waals surface area contributed by atoms with Crippen LogP contribution in [0.5, 0.6) is 0 Å². The van der Waals surface area contributed by atoms with E-state index in [-0.39, 0.29) is 5.92 Å². The molecular formula is C14H19N3O2. The number of hydrogen-bond donors (Lipinski definition) is 1. The minimum Gasteiger partial charge on any atom is -0.388 e. The van der Waals surface area contributed by atoms with Gasteiger partial charge in [0.05, 0.1) is 18.6 Å². The molecule has 0 spiro atoms. The van der Waals surface area contributed by atoms with E-state index in [1.807, 2.05) is 56.3 Å². The van der Waals surface area contributed by atoms with Crippen molar-refractivity contribution in [3.05, 3.63) is 47.6 Å². The van der Waals surface area contributed by atoms with E-state index < -0.39 is 6.10 Å². The summed E-state index contributed by atoms with van der Waals surface area (Å²) in [5.74, 6) is 0.867. The average molecular weight is 261 g/mol. The first-order chi connectivity index (χ1) is 9.08. The first-order valence-corrected chi connectivity index (χ1v) is 6.28. The van der Waals surface area contributed by atoms with Crippen LogP contribution in [0, 0.1) is 0 Å². The zero-order valence-electron chi connectivity index (χ0n) is 11.4. The highest BCUT2D eigenvalue weighted by molar-refractivity contribution is 5.20. The van der Waals surface area contributed by atoms with Crippen LogP contribution in [-0.4, -0.2) is 34.2 Å². The summed E-state index contributed by atoms with van der Waals surface area (Å²) in [6.45, 7) is 2.50. The third kappa shape index (κ3) is 3.39. The molecule has 0 bridgehead atoms. The van der Waals surface area contributed by atoms with Crippen molar-refractivity contribution in [2.24, 2.45) is 0 Å². The van der Waals surface area contributed by atoms with Gasteiger partial charge in [0.1, 0.15) is 0 Å².